The molecule has 0 aliphatic carbocycles. The van der Waals surface area contributed by atoms with Gasteiger partial charge in [-0.15, -0.1) is 0 Å². The van der Waals surface area contributed by atoms with E-state index in [0.717, 1.165) is 28.0 Å². The maximum atomic E-state index is 10.1. The minimum absolute atomic E-state index is 0.242. The van der Waals surface area contributed by atoms with E-state index in [1.165, 1.54) is 0 Å². The molecule has 1 atom stereocenters. The summed E-state index contributed by atoms with van der Waals surface area (Å²) in [5, 5.41) is 10.1. The lowest BCUT2D eigenvalue weighted by molar-refractivity contribution is 0.108. The van der Waals surface area contributed by atoms with Crippen LogP contribution in [0.3, 0.4) is 0 Å². The molecule has 0 spiro atoms. The van der Waals surface area contributed by atoms with Crippen LogP contribution in [-0.2, 0) is 6.54 Å². The number of benzene rings is 2. The van der Waals surface area contributed by atoms with E-state index in [9.17, 15) is 5.11 Å². The summed E-state index contributed by atoms with van der Waals surface area (Å²) < 4.78 is 5.72. The molecular formula is C17H21NO2. The molecule has 0 aromatic heterocycles. The summed E-state index contributed by atoms with van der Waals surface area (Å²) in [6.45, 7) is 4.77. The Bertz CT molecular complexity index is 564. The van der Waals surface area contributed by atoms with Gasteiger partial charge in [0.05, 0.1) is 0 Å². The zero-order chi connectivity index (χ0) is 14.5. The summed E-state index contributed by atoms with van der Waals surface area (Å²) in [6.07, 6.45) is -0.637. The lowest BCUT2D eigenvalue weighted by Crippen LogP contribution is -2.10. The average molecular weight is 271 g/mol. The van der Waals surface area contributed by atoms with Crippen LogP contribution < -0.4 is 10.5 Å². The highest BCUT2D eigenvalue weighted by Gasteiger charge is 2.09. The van der Waals surface area contributed by atoms with E-state index in [-0.39, 0.29) is 6.61 Å². The van der Waals surface area contributed by atoms with Gasteiger partial charge in [0, 0.05) is 6.54 Å². The molecular weight excluding hydrogens is 250 g/mol. The number of aliphatic hydroxyl groups excluding tert-OH is 1. The normalized spacial score (nSPS) is 12.2. The van der Waals surface area contributed by atoms with Crippen molar-refractivity contribution in [3.63, 3.8) is 0 Å². The van der Waals surface area contributed by atoms with Crippen molar-refractivity contribution >= 4 is 0 Å². The van der Waals surface area contributed by atoms with Gasteiger partial charge < -0.3 is 15.6 Å². The zero-order valence-electron chi connectivity index (χ0n) is 12.0. The first-order valence-corrected chi connectivity index (χ1v) is 6.77. The maximum Gasteiger partial charge on any atom is 0.122 e. The second-order valence-corrected chi connectivity index (χ2v) is 5.04. The topological polar surface area (TPSA) is 55.5 Å². The van der Waals surface area contributed by atoms with Crippen LogP contribution in [0.25, 0.3) is 0 Å². The molecule has 106 valence electrons. The van der Waals surface area contributed by atoms with Crippen LogP contribution in [0.1, 0.15) is 28.4 Å². The van der Waals surface area contributed by atoms with Crippen LogP contribution in [0.15, 0.2) is 42.5 Å². The Balaban J connectivity index is 2.00. The second-order valence-electron chi connectivity index (χ2n) is 5.04. The van der Waals surface area contributed by atoms with Crippen LogP contribution >= 0.6 is 0 Å². The molecule has 0 radical (unpaired) electrons. The van der Waals surface area contributed by atoms with Crippen molar-refractivity contribution in [2.24, 2.45) is 5.73 Å². The minimum Gasteiger partial charge on any atom is -0.490 e. The molecule has 0 fully saturated rings. The standard InChI is InChI=1S/C17H21NO2/c1-12-3-4-13(2)17(9-12)20-11-16(19)15-7-5-14(10-18)6-8-15/h3-9,16,19H,10-11,18H2,1-2H3. The van der Waals surface area contributed by atoms with Gasteiger partial charge in [0.2, 0.25) is 0 Å². The molecule has 3 heteroatoms. The third-order valence-corrected chi connectivity index (χ3v) is 3.34. The van der Waals surface area contributed by atoms with Gasteiger partial charge in [0.25, 0.3) is 0 Å². The monoisotopic (exact) mass is 271 g/mol. The van der Waals surface area contributed by atoms with E-state index in [0.29, 0.717) is 6.54 Å². The fourth-order valence-electron chi connectivity index (χ4n) is 2.00. The molecule has 0 heterocycles. The summed E-state index contributed by atoms with van der Waals surface area (Å²) in [5.74, 6) is 0.822. The lowest BCUT2D eigenvalue weighted by atomic mass is 10.1. The first-order chi connectivity index (χ1) is 9.60. The van der Waals surface area contributed by atoms with Crippen LogP contribution in [0, 0.1) is 13.8 Å². The fourth-order valence-corrected chi connectivity index (χ4v) is 2.00. The van der Waals surface area contributed by atoms with E-state index in [2.05, 4.69) is 0 Å². The zero-order valence-corrected chi connectivity index (χ0v) is 12.0. The number of aryl methyl sites for hydroxylation is 2. The Morgan fingerprint density at radius 3 is 2.45 bits per heavy atom. The van der Waals surface area contributed by atoms with E-state index >= 15 is 0 Å². The van der Waals surface area contributed by atoms with Gasteiger partial charge >= 0.3 is 0 Å². The Kier molecular flexibility index (Phi) is 4.77. The predicted octanol–water partition coefficient (Wildman–Crippen LogP) is 2.87. The van der Waals surface area contributed by atoms with Gasteiger partial charge in [-0.3, -0.25) is 0 Å². The second kappa shape index (κ2) is 6.55. The van der Waals surface area contributed by atoms with Crippen molar-refractivity contribution in [1.29, 1.82) is 0 Å². The molecule has 2 rings (SSSR count). The van der Waals surface area contributed by atoms with Crippen molar-refractivity contribution < 1.29 is 9.84 Å². The number of rotatable bonds is 5. The Morgan fingerprint density at radius 1 is 1.10 bits per heavy atom. The summed E-state index contributed by atoms with van der Waals surface area (Å²) in [4.78, 5) is 0. The van der Waals surface area contributed by atoms with Gasteiger partial charge in [-0.05, 0) is 42.2 Å². The van der Waals surface area contributed by atoms with Crippen molar-refractivity contribution in [2.45, 2.75) is 26.5 Å². The Labute approximate surface area is 120 Å². The molecule has 2 aromatic carbocycles. The molecule has 2 aromatic rings. The van der Waals surface area contributed by atoms with Gasteiger partial charge in [-0.2, -0.15) is 0 Å². The van der Waals surface area contributed by atoms with E-state index in [4.69, 9.17) is 10.5 Å². The molecule has 3 nitrogen and oxygen atoms in total. The maximum absolute atomic E-state index is 10.1. The minimum atomic E-state index is -0.637. The van der Waals surface area contributed by atoms with Gasteiger partial charge in [0.1, 0.15) is 18.5 Å². The predicted molar refractivity (Wildman–Crippen MR) is 80.7 cm³/mol. The average Bonchev–Trinajstić information content (AvgIpc) is 2.48. The molecule has 1 unspecified atom stereocenters. The lowest BCUT2D eigenvalue weighted by Gasteiger charge is -2.15. The molecule has 0 amide bonds. The molecule has 0 saturated carbocycles. The highest BCUT2D eigenvalue weighted by Crippen LogP contribution is 2.21. The number of nitrogens with two attached hydrogens (primary N) is 1. The molecule has 0 aliphatic heterocycles. The first-order valence-electron chi connectivity index (χ1n) is 6.77. The van der Waals surface area contributed by atoms with E-state index < -0.39 is 6.10 Å². The number of ether oxygens (including phenoxy) is 1. The molecule has 20 heavy (non-hydrogen) atoms. The molecule has 0 saturated heterocycles. The number of hydrogen-bond donors (Lipinski definition) is 2. The van der Waals surface area contributed by atoms with Crippen molar-refractivity contribution in [1.82, 2.24) is 0 Å². The SMILES string of the molecule is Cc1ccc(C)c(OCC(O)c2ccc(CN)cc2)c1. The third-order valence-electron chi connectivity index (χ3n) is 3.34. The van der Waals surface area contributed by atoms with Crippen LogP contribution in [0.5, 0.6) is 5.75 Å². The smallest absolute Gasteiger partial charge is 0.122 e. The van der Waals surface area contributed by atoms with Crippen LogP contribution in [-0.4, -0.2) is 11.7 Å². The van der Waals surface area contributed by atoms with Gasteiger partial charge in [0.15, 0.2) is 0 Å². The number of aliphatic hydroxyl groups is 1. The van der Waals surface area contributed by atoms with Crippen LogP contribution in [0.4, 0.5) is 0 Å². The summed E-state index contributed by atoms with van der Waals surface area (Å²) in [7, 11) is 0. The molecule has 0 bridgehead atoms. The highest BCUT2D eigenvalue weighted by molar-refractivity contribution is 5.36. The van der Waals surface area contributed by atoms with E-state index in [1.807, 2.05) is 56.3 Å². The third kappa shape index (κ3) is 3.59. The quantitative estimate of drug-likeness (QED) is 0.879. The van der Waals surface area contributed by atoms with Crippen molar-refractivity contribution in [3.05, 3.63) is 64.7 Å². The Morgan fingerprint density at radius 2 is 1.80 bits per heavy atom. The van der Waals surface area contributed by atoms with Gasteiger partial charge in [-0.1, -0.05) is 36.4 Å². The van der Waals surface area contributed by atoms with Crippen LogP contribution in [0.2, 0.25) is 0 Å². The van der Waals surface area contributed by atoms with Crippen molar-refractivity contribution in [3.8, 4) is 5.75 Å². The van der Waals surface area contributed by atoms with Gasteiger partial charge in [-0.25, -0.2) is 0 Å². The molecule has 3 N–H and O–H groups in total. The summed E-state index contributed by atoms with van der Waals surface area (Å²) in [5.41, 5.74) is 9.66. The summed E-state index contributed by atoms with van der Waals surface area (Å²) in [6, 6.07) is 13.7. The van der Waals surface area contributed by atoms with E-state index in [1.54, 1.807) is 0 Å². The summed E-state index contributed by atoms with van der Waals surface area (Å²) >= 11 is 0. The van der Waals surface area contributed by atoms with Crippen molar-refractivity contribution in [2.75, 3.05) is 6.61 Å². The first kappa shape index (κ1) is 14.6. The Hall–Kier alpha value is -1.84. The molecule has 0 aliphatic rings. The fraction of sp³-hybridized carbons (Fsp3) is 0.294. The highest BCUT2D eigenvalue weighted by atomic mass is 16.5. The largest absolute Gasteiger partial charge is 0.490 e. The number of hydrogen-bond acceptors (Lipinski definition) is 3.